The number of aromatic amines is 1. The van der Waals surface area contributed by atoms with Gasteiger partial charge in [-0.2, -0.15) is 0 Å². The Hall–Kier alpha value is -2.09. The Labute approximate surface area is 223 Å². The number of benzene rings is 1. The van der Waals surface area contributed by atoms with Crippen LogP contribution in [0.2, 0.25) is 5.02 Å². The summed E-state index contributed by atoms with van der Waals surface area (Å²) >= 11 is 8.54. The fourth-order valence-electron chi connectivity index (χ4n) is 5.93. The molecule has 0 bridgehead atoms. The Morgan fingerprint density at radius 3 is 2.56 bits per heavy atom. The van der Waals surface area contributed by atoms with Crippen LogP contribution in [0.3, 0.4) is 0 Å². The molecule has 194 valence electrons. The summed E-state index contributed by atoms with van der Waals surface area (Å²) in [6.45, 7) is 7.26. The number of nitrogens with one attached hydrogen (secondary N) is 1. The zero-order valence-electron chi connectivity index (χ0n) is 22.0. The molecular formula is C28H36ClN3O3S. The molecule has 3 aliphatic rings. The van der Waals surface area contributed by atoms with Gasteiger partial charge < -0.3 is 24.3 Å². The van der Waals surface area contributed by atoms with Gasteiger partial charge in [0.2, 0.25) is 0 Å². The number of pyridine rings is 1. The number of nitrogens with zero attached hydrogens (tertiary/aromatic N) is 2. The summed E-state index contributed by atoms with van der Waals surface area (Å²) in [5.74, 6) is 1.05. The fraction of sp³-hybridized carbons (Fsp3) is 0.536. The van der Waals surface area contributed by atoms with Crippen LogP contribution in [-0.2, 0) is 13.1 Å². The summed E-state index contributed by atoms with van der Waals surface area (Å²) in [5.41, 5.74) is 4.80. The van der Waals surface area contributed by atoms with Gasteiger partial charge in [-0.25, -0.2) is 0 Å². The summed E-state index contributed by atoms with van der Waals surface area (Å²) in [7, 11) is 4.32. The number of fused-ring (bicyclic) bond motifs is 2. The first kappa shape index (κ1) is 25.6. The molecule has 1 aliphatic carbocycles. The third-order valence-corrected chi connectivity index (χ3v) is 9.34. The van der Waals surface area contributed by atoms with Crippen molar-refractivity contribution in [2.24, 2.45) is 5.92 Å². The quantitative estimate of drug-likeness (QED) is 0.482. The molecule has 2 aliphatic heterocycles. The van der Waals surface area contributed by atoms with E-state index in [1.165, 1.54) is 0 Å². The standard InChI is InChI=1S/C28H36ClN3O3S/c1-16-13-23(36-6)22(27(33)30-16)15-32-12-11-20-21(14-32)17(2)25-26(24(20)29)35-28(3,34-25)18-7-9-19(10-8-18)31(4)5/h11-13,18-19H,7-10,14-15H2,1-6H3,(H,30,33)/t18-,19-,28?. The van der Waals surface area contributed by atoms with E-state index in [4.69, 9.17) is 21.1 Å². The molecule has 6 nitrogen and oxygen atoms in total. The second-order valence-electron chi connectivity index (χ2n) is 10.7. The van der Waals surface area contributed by atoms with Crippen molar-refractivity contribution in [2.75, 3.05) is 20.4 Å². The Kier molecular flexibility index (Phi) is 6.85. The molecule has 1 atom stereocenters. The van der Waals surface area contributed by atoms with Gasteiger partial charge in [-0.1, -0.05) is 11.6 Å². The number of H-pyrrole nitrogens is 1. The number of aromatic nitrogens is 1. The zero-order valence-corrected chi connectivity index (χ0v) is 23.6. The first-order chi connectivity index (χ1) is 17.1. The number of thioether (sulfide) groups is 1. The van der Waals surface area contributed by atoms with E-state index in [1.807, 2.05) is 31.5 Å². The molecule has 0 amide bonds. The Morgan fingerprint density at radius 1 is 1.19 bits per heavy atom. The van der Waals surface area contributed by atoms with Crippen LogP contribution >= 0.6 is 23.4 Å². The van der Waals surface area contributed by atoms with Gasteiger partial charge in [0.25, 0.3) is 11.3 Å². The average molecular weight is 530 g/mol. The van der Waals surface area contributed by atoms with Gasteiger partial charge in [0, 0.05) is 59.9 Å². The first-order valence-corrected chi connectivity index (χ1v) is 14.3. The molecule has 5 rings (SSSR count). The minimum atomic E-state index is -0.705. The van der Waals surface area contributed by atoms with Gasteiger partial charge >= 0.3 is 0 Å². The first-order valence-electron chi connectivity index (χ1n) is 12.7. The smallest absolute Gasteiger partial charge is 0.254 e. The highest BCUT2D eigenvalue weighted by atomic mass is 35.5. The second kappa shape index (κ2) is 9.66. The van der Waals surface area contributed by atoms with Crippen molar-refractivity contribution < 1.29 is 9.47 Å². The van der Waals surface area contributed by atoms with E-state index in [9.17, 15) is 4.79 Å². The molecule has 8 heteroatoms. The number of halogens is 1. The number of hydrogen-bond acceptors (Lipinski definition) is 6. The fourth-order valence-corrected chi connectivity index (χ4v) is 6.93. The highest BCUT2D eigenvalue weighted by Gasteiger charge is 2.48. The lowest BCUT2D eigenvalue weighted by atomic mass is 9.81. The van der Waals surface area contributed by atoms with Crippen molar-refractivity contribution in [3.8, 4) is 11.5 Å². The van der Waals surface area contributed by atoms with Gasteiger partial charge in [-0.3, -0.25) is 4.79 Å². The van der Waals surface area contributed by atoms with E-state index in [-0.39, 0.29) is 5.56 Å². The average Bonchev–Trinajstić information content (AvgIpc) is 3.23. The van der Waals surface area contributed by atoms with Crippen molar-refractivity contribution in [1.82, 2.24) is 14.8 Å². The van der Waals surface area contributed by atoms with Gasteiger partial charge in [0.1, 0.15) is 0 Å². The van der Waals surface area contributed by atoms with E-state index in [0.717, 1.165) is 64.3 Å². The Balaban J connectivity index is 1.40. The molecule has 3 heterocycles. The second-order valence-corrected chi connectivity index (χ2v) is 12.0. The van der Waals surface area contributed by atoms with E-state index >= 15 is 0 Å². The maximum Gasteiger partial charge on any atom is 0.254 e. The van der Waals surface area contributed by atoms with Crippen LogP contribution in [0.15, 0.2) is 22.0 Å². The third-order valence-electron chi connectivity index (χ3n) is 8.16. The summed E-state index contributed by atoms with van der Waals surface area (Å²) in [6, 6.07) is 2.66. The van der Waals surface area contributed by atoms with Crippen molar-refractivity contribution in [3.05, 3.63) is 55.6 Å². The van der Waals surface area contributed by atoms with E-state index in [2.05, 4.69) is 42.7 Å². The molecular weight excluding hydrogens is 494 g/mol. The Morgan fingerprint density at radius 2 is 1.89 bits per heavy atom. The van der Waals surface area contributed by atoms with E-state index < -0.39 is 5.79 Å². The number of hydrogen-bond donors (Lipinski definition) is 1. The minimum absolute atomic E-state index is 0.0289. The molecule has 1 fully saturated rings. The highest BCUT2D eigenvalue weighted by molar-refractivity contribution is 7.98. The zero-order chi connectivity index (χ0) is 25.8. The highest BCUT2D eigenvalue weighted by Crippen LogP contribution is 2.54. The summed E-state index contributed by atoms with van der Waals surface area (Å²) in [6.07, 6.45) is 10.5. The molecule has 2 aromatic rings. The van der Waals surface area contributed by atoms with Crippen molar-refractivity contribution in [3.63, 3.8) is 0 Å². The third kappa shape index (κ3) is 4.44. The monoisotopic (exact) mass is 529 g/mol. The molecule has 0 spiro atoms. The minimum Gasteiger partial charge on any atom is -0.448 e. The lowest BCUT2D eigenvalue weighted by Crippen LogP contribution is -2.46. The largest absolute Gasteiger partial charge is 0.448 e. The molecule has 1 N–H and O–H groups in total. The summed E-state index contributed by atoms with van der Waals surface area (Å²) in [4.78, 5) is 21.2. The number of rotatable bonds is 5. The lowest BCUT2D eigenvalue weighted by molar-refractivity contribution is -0.123. The molecule has 36 heavy (non-hydrogen) atoms. The summed E-state index contributed by atoms with van der Waals surface area (Å²) < 4.78 is 13.1. The van der Waals surface area contributed by atoms with Gasteiger partial charge in [-0.15, -0.1) is 11.8 Å². The van der Waals surface area contributed by atoms with Crippen LogP contribution in [0.4, 0.5) is 0 Å². The Bertz CT molecular complexity index is 1270. The molecule has 1 aromatic heterocycles. The van der Waals surface area contributed by atoms with Crippen LogP contribution < -0.4 is 15.0 Å². The van der Waals surface area contributed by atoms with Crippen molar-refractivity contribution >= 4 is 29.4 Å². The topological polar surface area (TPSA) is 57.8 Å². The van der Waals surface area contributed by atoms with E-state index in [1.54, 1.807) is 11.8 Å². The molecule has 1 saturated carbocycles. The SMILES string of the molecule is CSc1cc(C)[nH]c(=O)c1CN1C=Cc2c(Cl)c3c(c(C)c2C1)OC(C)([C@H]1CC[C@H](N(C)C)CC1)O3. The van der Waals surface area contributed by atoms with E-state index in [0.29, 0.717) is 35.8 Å². The van der Waals surface area contributed by atoms with Crippen LogP contribution in [-0.4, -0.2) is 47.0 Å². The number of aryl methyl sites for hydroxylation is 1. The molecule has 0 saturated heterocycles. The van der Waals surface area contributed by atoms with Gasteiger partial charge in [0.05, 0.1) is 10.6 Å². The number of ether oxygens (including phenoxy) is 2. The normalized spacial score (nSPS) is 24.9. The van der Waals surface area contributed by atoms with Crippen molar-refractivity contribution in [1.29, 1.82) is 0 Å². The summed E-state index contributed by atoms with van der Waals surface area (Å²) in [5, 5.41) is 0.616. The molecule has 0 radical (unpaired) electrons. The molecule has 1 unspecified atom stereocenters. The lowest BCUT2D eigenvalue weighted by Gasteiger charge is -2.39. The van der Waals surface area contributed by atoms with Gasteiger partial charge in [-0.05, 0) is 77.6 Å². The maximum absolute atomic E-state index is 12.7. The van der Waals surface area contributed by atoms with Crippen LogP contribution in [0.1, 0.15) is 60.6 Å². The predicted octanol–water partition coefficient (Wildman–Crippen LogP) is 5.96. The van der Waals surface area contributed by atoms with Crippen molar-refractivity contribution in [2.45, 2.75) is 76.3 Å². The molecule has 1 aromatic carbocycles. The van der Waals surface area contributed by atoms with Gasteiger partial charge in [0.15, 0.2) is 11.5 Å². The maximum atomic E-state index is 12.7. The van der Waals surface area contributed by atoms with Crippen LogP contribution in [0.5, 0.6) is 11.5 Å². The van der Waals surface area contributed by atoms with Crippen LogP contribution in [0.25, 0.3) is 6.08 Å². The predicted molar refractivity (Wildman–Crippen MR) is 147 cm³/mol. The van der Waals surface area contributed by atoms with Crippen LogP contribution in [0, 0.1) is 19.8 Å².